The van der Waals surface area contributed by atoms with Crippen LogP contribution in [0.25, 0.3) is 16.7 Å². The minimum atomic E-state index is 0.188. The maximum absolute atomic E-state index is 6.15. The molecule has 0 spiro atoms. The number of para-hydroxylation sites is 1. The van der Waals surface area contributed by atoms with Crippen molar-refractivity contribution in [2.24, 2.45) is 0 Å². The number of benzene rings is 2. The molecule has 5 rings (SSSR count). The minimum Gasteiger partial charge on any atom is -0.376 e. The van der Waals surface area contributed by atoms with Gasteiger partial charge in [-0.05, 0) is 43.2 Å². The molecular formula is C22H21ClN6O. The maximum Gasteiger partial charge on any atom is 0.226 e. The van der Waals surface area contributed by atoms with Crippen LogP contribution in [0.2, 0.25) is 5.02 Å². The summed E-state index contributed by atoms with van der Waals surface area (Å²) in [5, 5.41) is 12.7. The summed E-state index contributed by atoms with van der Waals surface area (Å²) < 4.78 is 7.53. The third-order valence-corrected chi connectivity index (χ3v) is 5.26. The second-order valence-corrected chi connectivity index (χ2v) is 7.61. The minimum absolute atomic E-state index is 0.188. The number of fused-ring (bicyclic) bond motifs is 1. The van der Waals surface area contributed by atoms with Crippen LogP contribution in [0.1, 0.15) is 12.8 Å². The second-order valence-electron chi connectivity index (χ2n) is 7.18. The van der Waals surface area contributed by atoms with E-state index in [2.05, 4.69) is 15.7 Å². The Morgan fingerprint density at radius 2 is 2.00 bits per heavy atom. The van der Waals surface area contributed by atoms with Crippen molar-refractivity contribution in [3.63, 3.8) is 0 Å². The van der Waals surface area contributed by atoms with Gasteiger partial charge in [-0.1, -0.05) is 35.9 Å². The Labute approximate surface area is 179 Å². The molecule has 30 heavy (non-hydrogen) atoms. The molecule has 152 valence electrons. The Morgan fingerprint density at radius 1 is 1.10 bits per heavy atom. The first-order chi connectivity index (χ1) is 14.8. The Balaban J connectivity index is 1.55. The number of hydrogen-bond donors (Lipinski definition) is 2. The Bertz CT molecular complexity index is 1160. The summed E-state index contributed by atoms with van der Waals surface area (Å²) in [5.41, 5.74) is 2.50. The van der Waals surface area contributed by atoms with E-state index in [1.807, 2.05) is 59.3 Å². The summed E-state index contributed by atoms with van der Waals surface area (Å²) in [5.74, 6) is 1.19. The number of anilines is 3. The van der Waals surface area contributed by atoms with Crippen molar-refractivity contribution >= 4 is 40.1 Å². The molecule has 3 heterocycles. The van der Waals surface area contributed by atoms with Gasteiger partial charge < -0.3 is 15.4 Å². The van der Waals surface area contributed by atoms with Crippen LogP contribution in [0, 0.1) is 0 Å². The van der Waals surface area contributed by atoms with Crippen molar-refractivity contribution in [3.8, 4) is 5.69 Å². The fourth-order valence-corrected chi connectivity index (χ4v) is 3.74. The number of ether oxygens (including phenoxy) is 1. The first-order valence-corrected chi connectivity index (χ1v) is 10.3. The third-order valence-electron chi connectivity index (χ3n) is 5.03. The Hall–Kier alpha value is -3.16. The van der Waals surface area contributed by atoms with Gasteiger partial charge in [0.25, 0.3) is 0 Å². The lowest BCUT2D eigenvalue weighted by Gasteiger charge is -2.13. The molecule has 1 saturated heterocycles. The highest BCUT2D eigenvalue weighted by atomic mass is 35.5. The summed E-state index contributed by atoms with van der Waals surface area (Å²) in [6.45, 7) is 1.48. The topological polar surface area (TPSA) is 76.9 Å². The highest BCUT2D eigenvalue weighted by molar-refractivity contribution is 6.30. The molecule has 1 aliphatic rings. The fraction of sp³-hybridized carbons (Fsp3) is 0.227. The Kier molecular flexibility index (Phi) is 5.21. The van der Waals surface area contributed by atoms with E-state index < -0.39 is 0 Å². The summed E-state index contributed by atoms with van der Waals surface area (Å²) in [6, 6.07) is 17.5. The summed E-state index contributed by atoms with van der Waals surface area (Å²) in [7, 11) is 0. The lowest BCUT2D eigenvalue weighted by atomic mass is 10.2. The van der Waals surface area contributed by atoms with Gasteiger partial charge in [-0.15, -0.1) is 0 Å². The first-order valence-electron chi connectivity index (χ1n) is 9.95. The smallest absolute Gasteiger partial charge is 0.226 e. The molecule has 1 aliphatic heterocycles. The van der Waals surface area contributed by atoms with Crippen LogP contribution in [0.3, 0.4) is 0 Å². The van der Waals surface area contributed by atoms with Crippen LogP contribution in [0.4, 0.5) is 17.5 Å². The van der Waals surface area contributed by atoms with E-state index in [1.54, 1.807) is 6.20 Å². The zero-order valence-corrected chi connectivity index (χ0v) is 17.0. The lowest BCUT2D eigenvalue weighted by molar-refractivity contribution is 0.120. The van der Waals surface area contributed by atoms with Gasteiger partial charge in [0.15, 0.2) is 5.65 Å². The van der Waals surface area contributed by atoms with E-state index in [0.29, 0.717) is 23.3 Å². The molecule has 0 amide bonds. The summed E-state index contributed by atoms with van der Waals surface area (Å²) in [6.07, 6.45) is 4.10. The van der Waals surface area contributed by atoms with Crippen LogP contribution in [-0.4, -0.2) is 39.0 Å². The quantitative estimate of drug-likeness (QED) is 0.466. The Morgan fingerprint density at radius 3 is 2.80 bits per heavy atom. The predicted octanol–water partition coefficient (Wildman–Crippen LogP) is 4.80. The van der Waals surface area contributed by atoms with Crippen LogP contribution in [0.15, 0.2) is 60.8 Å². The molecule has 0 radical (unpaired) electrons. The van der Waals surface area contributed by atoms with Gasteiger partial charge in [0, 0.05) is 23.9 Å². The SMILES string of the molecule is Clc1cccc(Nc2nc(NC[C@H]3CCCO3)nc3c2cnn3-c2ccccc2)c1. The molecule has 1 fully saturated rings. The molecule has 0 aliphatic carbocycles. The maximum atomic E-state index is 6.15. The van der Waals surface area contributed by atoms with Crippen LogP contribution < -0.4 is 10.6 Å². The van der Waals surface area contributed by atoms with Gasteiger partial charge in [-0.2, -0.15) is 15.1 Å². The zero-order chi connectivity index (χ0) is 20.3. The van der Waals surface area contributed by atoms with E-state index in [-0.39, 0.29) is 6.10 Å². The van der Waals surface area contributed by atoms with E-state index in [1.165, 1.54) is 0 Å². The highest BCUT2D eigenvalue weighted by Gasteiger charge is 2.18. The normalized spacial score (nSPS) is 16.1. The second kappa shape index (κ2) is 8.30. The molecule has 7 nitrogen and oxygen atoms in total. The summed E-state index contributed by atoms with van der Waals surface area (Å²) >= 11 is 6.15. The van der Waals surface area contributed by atoms with Crippen molar-refractivity contribution in [2.75, 3.05) is 23.8 Å². The molecule has 2 N–H and O–H groups in total. The summed E-state index contributed by atoms with van der Waals surface area (Å²) in [4.78, 5) is 9.46. The molecule has 1 atom stereocenters. The molecule has 4 aromatic rings. The van der Waals surface area contributed by atoms with Crippen molar-refractivity contribution in [1.29, 1.82) is 0 Å². The number of nitrogens with one attached hydrogen (secondary N) is 2. The number of hydrogen-bond acceptors (Lipinski definition) is 6. The van der Waals surface area contributed by atoms with Crippen LogP contribution in [0.5, 0.6) is 0 Å². The predicted molar refractivity (Wildman–Crippen MR) is 119 cm³/mol. The molecule has 2 aromatic heterocycles. The molecule has 0 bridgehead atoms. The van der Waals surface area contributed by atoms with E-state index in [9.17, 15) is 0 Å². The average Bonchev–Trinajstić information content (AvgIpc) is 3.43. The van der Waals surface area contributed by atoms with Crippen molar-refractivity contribution < 1.29 is 4.74 Å². The van der Waals surface area contributed by atoms with E-state index in [4.69, 9.17) is 26.3 Å². The van der Waals surface area contributed by atoms with Gasteiger partial charge >= 0.3 is 0 Å². The van der Waals surface area contributed by atoms with Crippen LogP contribution in [-0.2, 0) is 4.74 Å². The van der Waals surface area contributed by atoms with Gasteiger partial charge in [-0.25, -0.2) is 4.68 Å². The van der Waals surface area contributed by atoms with E-state index >= 15 is 0 Å². The largest absolute Gasteiger partial charge is 0.376 e. The highest BCUT2D eigenvalue weighted by Crippen LogP contribution is 2.28. The molecule has 0 unspecified atom stereocenters. The molecule has 2 aromatic carbocycles. The molecule has 8 heteroatoms. The molecular weight excluding hydrogens is 400 g/mol. The lowest BCUT2D eigenvalue weighted by Crippen LogP contribution is -2.20. The number of rotatable bonds is 6. The van der Waals surface area contributed by atoms with Crippen molar-refractivity contribution in [3.05, 3.63) is 65.8 Å². The van der Waals surface area contributed by atoms with E-state index in [0.717, 1.165) is 41.9 Å². The number of nitrogens with zero attached hydrogens (tertiary/aromatic N) is 4. The zero-order valence-electron chi connectivity index (χ0n) is 16.3. The van der Waals surface area contributed by atoms with Crippen LogP contribution >= 0.6 is 11.6 Å². The monoisotopic (exact) mass is 420 g/mol. The van der Waals surface area contributed by atoms with Gasteiger partial charge in [0.05, 0.1) is 23.4 Å². The molecule has 0 saturated carbocycles. The van der Waals surface area contributed by atoms with Gasteiger partial charge in [-0.3, -0.25) is 0 Å². The third kappa shape index (κ3) is 3.94. The number of aromatic nitrogens is 4. The average molecular weight is 421 g/mol. The number of halogens is 1. The van der Waals surface area contributed by atoms with Gasteiger partial charge in [0.2, 0.25) is 5.95 Å². The van der Waals surface area contributed by atoms with Gasteiger partial charge in [0.1, 0.15) is 5.82 Å². The van der Waals surface area contributed by atoms with Crippen molar-refractivity contribution in [2.45, 2.75) is 18.9 Å². The van der Waals surface area contributed by atoms with Crippen molar-refractivity contribution in [1.82, 2.24) is 19.7 Å². The fourth-order valence-electron chi connectivity index (χ4n) is 3.55. The standard InChI is InChI=1S/C22H21ClN6O/c23-15-6-4-7-16(12-15)26-20-19-14-25-29(17-8-2-1-3-9-17)21(19)28-22(27-20)24-13-18-10-5-11-30-18/h1-4,6-9,12,14,18H,5,10-11,13H2,(H2,24,26,27,28)/t18-/m1/s1. The first kappa shape index (κ1) is 18.8.